The number of hydrogen-bond donors (Lipinski definition) is 1. The van der Waals surface area contributed by atoms with E-state index in [2.05, 4.69) is 23.0 Å². The molecule has 0 aliphatic carbocycles. The van der Waals surface area contributed by atoms with E-state index in [9.17, 15) is 0 Å². The van der Waals surface area contributed by atoms with Crippen LogP contribution in [0.3, 0.4) is 0 Å². The van der Waals surface area contributed by atoms with Gasteiger partial charge in [0.05, 0.1) is 0 Å². The summed E-state index contributed by atoms with van der Waals surface area (Å²) in [5.74, 6) is 0. The zero-order valence-electron chi connectivity index (χ0n) is 9.29. The van der Waals surface area contributed by atoms with Gasteiger partial charge in [-0.3, -0.25) is 0 Å². The van der Waals surface area contributed by atoms with Gasteiger partial charge in [-0.1, -0.05) is 0 Å². The lowest BCUT2D eigenvalue weighted by Crippen LogP contribution is -2.28. The Balaban J connectivity index is 1.79. The number of rotatable bonds is 3. The van der Waals surface area contributed by atoms with Gasteiger partial charge in [0.2, 0.25) is 0 Å². The van der Waals surface area contributed by atoms with Gasteiger partial charge in [-0.2, -0.15) is 11.3 Å². The minimum atomic E-state index is 0.645. The van der Waals surface area contributed by atoms with Gasteiger partial charge in [0.25, 0.3) is 0 Å². The molecule has 2 nitrogen and oxygen atoms in total. The third kappa shape index (κ3) is 3.30. The molecule has 2 heterocycles. The molecule has 0 bridgehead atoms. The average Bonchev–Trinajstić information content (AvgIpc) is 2.53. The van der Waals surface area contributed by atoms with E-state index in [-0.39, 0.29) is 0 Å². The van der Waals surface area contributed by atoms with Crippen molar-refractivity contribution in [2.45, 2.75) is 38.8 Å². The quantitative estimate of drug-likeness (QED) is 0.854. The van der Waals surface area contributed by atoms with Crippen LogP contribution in [0.5, 0.6) is 0 Å². The van der Waals surface area contributed by atoms with E-state index < -0.39 is 0 Å². The number of hydrogen-bond acceptors (Lipinski definition) is 3. The maximum absolute atomic E-state index is 5.45. The lowest BCUT2D eigenvalue weighted by molar-refractivity contribution is 0.142. The number of thiophene rings is 1. The molecule has 1 fully saturated rings. The van der Waals surface area contributed by atoms with E-state index in [1.54, 1.807) is 11.3 Å². The van der Waals surface area contributed by atoms with Crippen molar-refractivity contribution in [3.05, 3.63) is 21.9 Å². The highest BCUT2D eigenvalue weighted by Crippen LogP contribution is 2.15. The number of ether oxygens (including phenoxy) is 1. The van der Waals surface area contributed by atoms with Crippen molar-refractivity contribution in [1.29, 1.82) is 0 Å². The third-order valence-corrected chi connectivity index (χ3v) is 3.90. The summed E-state index contributed by atoms with van der Waals surface area (Å²) in [5.41, 5.74) is 2.86. The van der Waals surface area contributed by atoms with E-state index in [1.807, 2.05) is 0 Å². The molecule has 1 aliphatic rings. The monoisotopic (exact) mass is 225 g/mol. The van der Waals surface area contributed by atoms with Crippen LogP contribution < -0.4 is 5.32 Å². The maximum Gasteiger partial charge on any atom is 0.0480 e. The highest BCUT2D eigenvalue weighted by molar-refractivity contribution is 7.08. The van der Waals surface area contributed by atoms with Crippen molar-refractivity contribution >= 4 is 11.3 Å². The topological polar surface area (TPSA) is 21.3 Å². The van der Waals surface area contributed by atoms with Crippen LogP contribution in [-0.2, 0) is 11.3 Å². The summed E-state index contributed by atoms with van der Waals surface area (Å²) in [6.45, 7) is 5.06. The molecule has 1 N–H and O–H groups in total. The molecule has 1 aromatic rings. The van der Waals surface area contributed by atoms with E-state index in [4.69, 9.17) is 4.74 Å². The van der Waals surface area contributed by atoms with Crippen LogP contribution in [0.15, 0.2) is 10.8 Å². The maximum atomic E-state index is 5.45. The highest BCUT2D eigenvalue weighted by atomic mass is 32.1. The van der Waals surface area contributed by atoms with Gasteiger partial charge in [0.1, 0.15) is 0 Å². The molecule has 1 atom stereocenters. The molecule has 0 radical (unpaired) electrons. The van der Waals surface area contributed by atoms with E-state index in [1.165, 1.54) is 24.0 Å². The first kappa shape index (κ1) is 11.1. The Morgan fingerprint density at radius 2 is 2.33 bits per heavy atom. The fourth-order valence-corrected chi connectivity index (χ4v) is 2.79. The van der Waals surface area contributed by atoms with Crippen molar-refractivity contribution in [2.75, 3.05) is 13.2 Å². The molecule has 1 unspecified atom stereocenters. The van der Waals surface area contributed by atoms with E-state index >= 15 is 0 Å². The number of aryl methyl sites for hydroxylation is 1. The summed E-state index contributed by atoms with van der Waals surface area (Å²) < 4.78 is 5.45. The molecule has 1 aromatic heterocycles. The molecule has 84 valence electrons. The largest absolute Gasteiger partial charge is 0.381 e. The van der Waals surface area contributed by atoms with E-state index in [0.29, 0.717) is 6.04 Å². The first-order valence-corrected chi connectivity index (χ1v) is 6.63. The first-order valence-electron chi connectivity index (χ1n) is 5.69. The zero-order chi connectivity index (χ0) is 10.5. The minimum absolute atomic E-state index is 0.645. The summed E-state index contributed by atoms with van der Waals surface area (Å²) >= 11 is 1.79. The fraction of sp³-hybridized carbons (Fsp3) is 0.667. The Morgan fingerprint density at radius 3 is 3.13 bits per heavy atom. The van der Waals surface area contributed by atoms with Gasteiger partial charge in [-0.05, 0) is 48.1 Å². The van der Waals surface area contributed by atoms with Crippen LogP contribution in [0.2, 0.25) is 0 Å². The van der Waals surface area contributed by atoms with Gasteiger partial charge in [0, 0.05) is 25.8 Å². The summed E-state index contributed by atoms with van der Waals surface area (Å²) in [4.78, 5) is 0. The number of nitrogens with one attached hydrogen (secondary N) is 1. The zero-order valence-corrected chi connectivity index (χ0v) is 10.1. The molecule has 2 rings (SSSR count). The molecular weight excluding hydrogens is 206 g/mol. The van der Waals surface area contributed by atoms with Crippen molar-refractivity contribution < 1.29 is 4.74 Å². The Hall–Kier alpha value is -0.380. The molecular formula is C12H19NOS. The van der Waals surface area contributed by atoms with Crippen molar-refractivity contribution in [3.8, 4) is 0 Å². The van der Waals surface area contributed by atoms with E-state index in [0.717, 1.165) is 26.2 Å². The van der Waals surface area contributed by atoms with Crippen LogP contribution >= 0.6 is 11.3 Å². The van der Waals surface area contributed by atoms with Gasteiger partial charge in [0.15, 0.2) is 0 Å². The summed E-state index contributed by atoms with van der Waals surface area (Å²) in [5, 5.41) is 8.09. The van der Waals surface area contributed by atoms with Gasteiger partial charge in [-0.25, -0.2) is 0 Å². The molecule has 1 saturated heterocycles. The smallest absolute Gasteiger partial charge is 0.0480 e. The van der Waals surface area contributed by atoms with Crippen LogP contribution in [-0.4, -0.2) is 19.3 Å². The predicted octanol–water partition coefficient (Wildman–Crippen LogP) is 2.72. The van der Waals surface area contributed by atoms with Crippen molar-refractivity contribution in [1.82, 2.24) is 5.32 Å². The van der Waals surface area contributed by atoms with Crippen LogP contribution in [0.25, 0.3) is 0 Å². The Bertz CT molecular complexity index is 290. The second kappa shape index (κ2) is 5.64. The average molecular weight is 225 g/mol. The lowest BCUT2D eigenvalue weighted by Gasteiger charge is -2.15. The lowest BCUT2D eigenvalue weighted by atomic mass is 10.1. The van der Waals surface area contributed by atoms with Gasteiger partial charge >= 0.3 is 0 Å². The summed E-state index contributed by atoms with van der Waals surface area (Å²) in [7, 11) is 0. The van der Waals surface area contributed by atoms with Crippen LogP contribution in [0, 0.1) is 6.92 Å². The molecule has 0 aromatic carbocycles. The Labute approximate surface area is 95.6 Å². The van der Waals surface area contributed by atoms with Gasteiger partial charge < -0.3 is 10.1 Å². The highest BCUT2D eigenvalue weighted by Gasteiger charge is 2.11. The normalized spacial score (nSPS) is 22.6. The second-order valence-electron chi connectivity index (χ2n) is 4.20. The van der Waals surface area contributed by atoms with Crippen LogP contribution in [0.4, 0.5) is 0 Å². The Morgan fingerprint density at radius 1 is 1.40 bits per heavy atom. The van der Waals surface area contributed by atoms with Gasteiger partial charge in [-0.15, -0.1) is 0 Å². The second-order valence-corrected chi connectivity index (χ2v) is 4.94. The summed E-state index contributed by atoms with van der Waals surface area (Å²) in [6, 6.07) is 0.645. The molecule has 1 aliphatic heterocycles. The molecule has 0 saturated carbocycles. The fourth-order valence-electron chi connectivity index (χ4n) is 1.93. The van der Waals surface area contributed by atoms with Crippen molar-refractivity contribution in [2.24, 2.45) is 0 Å². The summed E-state index contributed by atoms with van der Waals surface area (Å²) in [6.07, 6.45) is 3.60. The molecule has 15 heavy (non-hydrogen) atoms. The van der Waals surface area contributed by atoms with Crippen molar-refractivity contribution in [3.63, 3.8) is 0 Å². The predicted molar refractivity (Wildman–Crippen MR) is 64.4 cm³/mol. The molecule has 0 spiro atoms. The third-order valence-electron chi connectivity index (χ3n) is 2.99. The standard InChI is InChI=1S/C12H19NOS/c1-10-8-15-9-11(10)7-13-12-3-2-5-14-6-4-12/h8-9,12-13H,2-7H2,1H3. The van der Waals surface area contributed by atoms with Crippen LogP contribution in [0.1, 0.15) is 30.4 Å². The molecule has 0 amide bonds. The first-order chi connectivity index (χ1) is 7.36. The SMILES string of the molecule is Cc1cscc1CNC1CCCOCC1. The molecule has 3 heteroatoms. The Kier molecular flexibility index (Phi) is 4.18. The minimum Gasteiger partial charge on any atom is -0.381 e.